The molecule has 0 aliphatic rings. The van der Waals surface area contributed by atoms with E-state index in [1.54, 1.807) is 0 Å². The third-order valence-electron chi connectivity index (χ3n) is 2.02. The molecule has 1 heterocycles. The minimum atomic E-state index is -3.50. The molecule has 1 aromatic rings. The number of rotatable bonds is 5. The van der Waals surface area contributed by atoms with Gasteiger partial charge in [0, 0.05) is 26.9 Å². The molecule has 0 unspecified atom stereocenters. The lowest BCUT2D eigenvalue weighted by atomic mass is 10.5. The normalized spacial score (nSPS) is 12.0. The highest BCUT2D eigenvalue weighted by Gasteiger charge is 2.20. The van der Waals surface area contributed by atoms with Crippen LogP contribution in [-0.4, -0.2) is 45.0 Å². The molecule has 0 N–H and O–H groups in total. The third kappa shape index (κ3) is 3.15. The van der Waals surface area contributed by atoms with Crippen LogP contribution in [-0.2, 0) is 14.8 Å². The van der Waals surface area contributed by atoms with Crippen molar-refractivity contribution in [2.75, 3.05) is 27.3 Å². The minimum Gasteiger partial charge on any atom is -0.383 e. The van der Waals surface area contributed by atoms with Crippen LogP contribution in [0.1, 0.15) is 0 Å². The van der Waals surface area contributed by atoms with Gasteiger partial charge in [0.05, 0.1) is 6.61 Å². The zero-order chi connectivity index (χ0) is 12.2. The van der Waals surface area contributed by atoms with Gasteiger partial charge in [0.25, 0.3) is 0 Å². The number of hydrogen-bond acceptors (Lipinski definition) is 4. The van der Waals surface area contributed by atoms with Crippen molar-refractivity contribution >= 4 is 21.6 Å². The van der Waals surface area contributed by atoms with Crippen LogP contribution in [0.5, 0.6) is 0 Å². The van der Waals surface area contributed by atoms with Gasteiger partial charge in [-0.05, 0) is 12.1 Å². The summed E-state index contributed by atoms with van der Waals surface area (Å²) in [6.07, 6.45) is 1.24. The summed E-state index contributed by atoms with van der Waals surface area (Å²) in [6, 6.07) is 2.87. The zero-order valence-electron chi connectivity index (χ0n) is 9.05. The van der Waals surface area contributed by atoms with Crippen LogP contribution in [0.4, 0.5) is 0 Å². The SMILES string of the molecule is COCCN(C)S(=O)(=O)c1ccc(Cl)nc1. The molecule has 0 fully saturated rings. The van der Waals surface area contributed by atoms with E-state index in [0.29, 0.717) is 13.2 Å². The van der Waals surface area contributed by atoms with E-state index in [9.17, 15) is 8.42 Å². The maximum absolute atomic E-state index is 11.9. The molecular weight excluding hydrogens is 252 g/mol. The molecule has 7 heteroatoms. The molecule has 0 saturated heterocycles. The maximum Gasteiger partial charge on any atom is 0.244 e. The van der Waals surface area contributed by atoms with Crippen LogP contribution >= 0.6 is 11.6 Å². The Morgan fingerprint density at radius 1 is 1.50 bits per heavy atom. The predicted octanol–water partition coefficient (Wildman–Crippen LogP) is 1.00. The first-order valence-corrected chi connectivity index (χ1v) is 6.37. The number of ether oxygens (including phenoxy) is 1. The largest absolute Gasteiger partial charge is 0.383 e. The first kappa shape index (κ1) is 13.4. The van der Waals surface area contributed by atoms with Gasteiger partial charge in [-0.15, -0.1) is 0 Å². The van der Waals surface area contributed by atoms with Gasteiger partial charge in [-0.1, -0.05) is 11.6 Å². The van der Waals surface area contributed by atoms with Crippen LogP contribution in [0.2, 0.25) is 5.15 Å². The average molecular weight is 265 g/mol. The van der Waals surface area contributed by atoms with Crippen molar-refractivity contribution in [2.45, 2.75) is 4.90 Å². The molecule has 0 bridgehead atoms. The van der Waals surface area contributed by atoms with Crippen molar-refractivity contribution in [3.63, 3.8) is 0 Å². The molecule has 0 aromatic carbocycles. The zero-order valence-corrected chi connectivity index (χ0v) is 10.6. The molecule has 0 spiro atoms. The molecule has 5 nitrogen and oxygen atoms in total. The van der Waals surface area contributed by atoms with E-state index in [-0.39, 0.29) is 10.0 Å². The summed E-state index contributed by atoms with van der Waals surface area (Å²) in [4.78, 5) is 3.86. The smallest absolute Gasteiger partial charge is 0.244 e. The second-order valence-corrected chi connectivity index (χ2v) is 5.57. The number of nitrogens with zero attached hydrogens (tertiary/aromatic N) is 2. The van der Waals surface area contributed by atoms with Crippen LogP contribution in [0.25, 0.3) is 0 Å². The highest BCUT2D eigenvalue weighted by Crippen LogP contribution is 2.14. The second-order valence-electron chi connectivity index (χ2n) is 3.14. The molecule has 0 radical (unpaired) electrons. The van der Waals surface area contributed by atoms with E-state index >= 15 is 0 Å². The number of hydrogen-bond donors (Lipinski definition) is 0. The molecule has 1 aromatic heterocycles. The van der Waals surface area contributed by atoms with Crippen molar-refractivity contribution < 1.29 is 13.2 Å². The molecule has 0 aliphatic carbocycles. The van der Waals surface area contributed by atoms with Crippen molar-refractivity contribution in [3.05, 3.63) is 23.5 Å². The number of aromatic nitrogens is 1. The van der Waals surface area contributed by atoms with Gasteiger partial charge in [0.1, 0.15) is 10.0 Å². The van der Waals surface area contributed by atoms with Crippen molar-refractivity contribution in [2.24, 2.45) is 0 Å². The van der Waals surface area contributed by atoms with Crippen molar-refractivity contribution in [1.82, 2.24) is 9.29 Å². The molecular formula is C9H13ClN2O3S. The Bertz CT molecular complexity index is 433. The summed E-state index contributed by atoms with van der Waals surface area (Å²) in [7, 11) is -0.489. The van der Waals surface area contributed by atoms with Gasteiger partial charge in [-0.2, -0.15) is 4.31 Å². The Morgan fingerprint density at radius 3 is 2.69 bits per heavy atom. The molecule has 90 valence electrons. The van der Waals surface area contributed by atoms with Crippen LogP contribution in [0, 0.1) is 0 Å². The summed E-state index contributed by atoms with van der Waals surface area (Å²) >= 11 is 5.59. The fourth-order valence-corrected chi connectivity index (χ4v) is 2.25. The topological polar surface area (TPSA) is 59.5 Å². The first-order valence-electron chi connectivity index (χ1n) is 4.55. The molecule has 16 heavy (non-hydrogen) atoms. The van der Waals surface area contributed by atoms with Crippen LogP contribution < -0.4 is 0 Å². The first-order chi connectivity index (χ1) is 7.48. The van der Waals surface area contributed by atoms with E-state index in [1.165, 1.54) is 36.8 Å². The Labute approximate surface area is 100 Å². The van der Waals surface area contributed by atoms with Crippen LogP contribution in [0.3, 0.4) is 0 Å². The lowest BCUT2D eigenvalue weighted by molar-refractivity contribution is 0.185. The van der Waals surface area contributed by atoms with Gasteiger partial charge in [-0.3, -0.25) is 0 Å². The third-order valence-corrected chi connectivity index (χ3v) is 4.08. The van der Waals surface area contributed by atoms with E-state index in [4.69, 9.17) is 16.3 Å². The summed E-state index contributed by atoms with van der Waals surface area (Å²) in [5.41, 5.74) is 0. The van der Waals surface area contributed by atoms with Gasteiger partial charge in [0.15, 0.2) is 0 Å². The quantitative estimate of drug-likeness (QED) is 0.745. The standard InChI is InChI=1S/C9H13ClN2O3S/c1-12(5-6-15-2)16(13,14)8-3-4-9(10)11-7-8/h3-4,7H,5-6H2,1-2H3. The Balaban J connectivity index is 2.89. The van der Waals surface area contributed by atoms with E-state index in [2.05, 4.69) is 4.98 Å². The van der Waals surface area contributed by atoms with Crippen molar-refractivity contribution in [1.29, 1.82) is 0 Å². The number of likely N-dealkylation sites (N-methyl/N-ethyl adjacent to an activating group) is 1. The van der Waals surface area contributed by atoms with Gasteiger partial charge in [-0.25, -0.2) is 13.4 Å². The monoisotopic (exact) mass is 264 g/mol. The molecule has 0 atom stereocenters. The number of halogens is 1. The van der Waals surface area contributed by atoms with E-state index in [1.807, 2.05) is 0 Å². The fourth-order valence-electron chi connectivity index (χ4n) is 1.03. The van der Waals surface area contributed by atoms with Gasteiger partial charge in [0.2, 0.25) is 10.0 Å². The number of pyridine rings is 1. The summed E-state index contributed by atoms with van der Waals surface area (Å²) < 4.78 is 29.9. The lowest BCUT2D eigenvalue weighted by Gasteiger charge is -2.16. The molecule has 0 aliphatic heterocycles. The number of sulfonamides is 1. The van der Waals surface area contributed by atoms with Gasteiger partial charge >= 0.3 is 0 Å². The Kier molecular flexibility index (Phi) is 4.67. The van der Waals surface area contributed by atoms with Crippen LogP contribution in [0.15, 0.2) is 23.2 Å². The molecule has 0 amide bonds. The van der Waals surface area contributed by atoms with E-state index in [0.717, 1.165) is 0 Å². The highest BCUT2D eigenvalue weighted by atomic mass is 35.5. The van der Waals surface area contributed by atoms with Crippen molar-refractivity contribution in [3.8, 4) is 0 Å². The minimum absolute atomic E-state index is 0.121. The summed E-state index contributed by atoms with van der Waals surface area (Å²) in [5.74, 6) is 0. The number of methoxy groups -OCH3 is 1. The summed E-state index contributed by atoms with van der Waals surface area (Å²) in [5, 5.41) is 0.262. The second kappa shape index (κ2) is 5.58. The predicted molar refractivity (Wildman–Crippen MR) is 60.9 cm³/mol. The average Bonchev–Trinajstić information content (AvgIpc) is 2.26. The van der Waals surface area contributed by atoms with Gasteiger partial charge < -0.3 is 4.74 Å². The highest BCUT2D eigenvalue weighted by molar-refractivity contribution is 7.89. The fraction of sp³-hybridized carbons (Fsp3) is 0.444. The summed E-state index contributed by atoms with van der Waals surface area (Å²) in [6.45, 7) is 0.637. The lowest BCUT2D eigenvalue weighted by Crippen LogP contribution is -2.30. The Morgan fingerprint density at radius 2 is 2.19 bits per heavy atom. The van der Waals surface area contributed by atoms with E-state index < -0.39 is 10.0 Å². The molecule has 1 rings (SSSR count). The molecule has 0 saturated carbocycles. The maximum atomic E-state index is 11.9. The Hall–Kier alpha value is -0.690.